The van der Waals surface area contributed by atoms with E-state index in [-0.39, 0.29) is 5.75 Å². The Morgan fingerprint density at radius 2 is 2.00 bits per heavy atom. The maximum absolute atomic E-state index is 9.85. The number of rotatable bonds is 4. The molecular formula is C22H23N5O2. The molecule has 0 spiro atoms. The number of aromatic hydroxyl groups is 1. The van der Waals surface area contributed by atoms with Crippen molar-refractivity contribution in [3.8, 4) is 22.8 Å². The van der Waals surface area contributed by atoms with Gasteiger partial charge in [0.15, 0.2) is 5.65 Å². The summed E-state index contributed by atoms with van der Waals surface area (Å²) in [5.41, 5.74) is 4.48. The Morgan fingerprint density at radius 1 is 1.14 bits per heavy atom. The van der Waals surface area contributed by atoms with Crippen molar-refractivity contribution in [2.75, 3.05) is 13.2 Å². The lowest BCUT2D eigenvalue weighted by atomic mass is 10.1. The van der Waals surface area contributed by atoms with Crippen molar-refractivity contribution in [1.82, 2.24) is 24.5 Å². The van der Waals surface area contributed by atoms with Gasteiger partial charge in [0.2, 0.25) is 0 Å². The predicted molar refractivity (Wildman–Crippen MR) is 110 cm³/mol. The smallest absolute Gasteiger partial charge is 0.159 e. The number of phenolic OH excluding ortho intramolecular Hbond substituents is 1. The third kappa shape index (κ3) is 3.17. The van der Waals surface area contributed by atoms with Crippen LogP contribution in [0.3, 0.4) is 0 Å². The highest BCUT2D eigenvalue weighted by molar-refractivity contribution is 5.81. The zero-order valence-corrected chi connectivity index (χ0v) is 16.3. The topological polar surface area (TPSA) is 78.0 Å². The minimum absolute atomic E-state index is 0.206. The molecule has 4 aromatic rings. The number of aryl methyl sites for hydroxylation is 1. The first-order valence-corrected chi connectivity index (χ1v) is 10.0. The lowest BCUT2D eigenvalue weighted by Gasteiger charge is -2.22. The van der Waals surface area contributed by atoms with E-state index in [0.29, 0.717) is 6.04 Å². The lowest BCUT2D eigenvalue weighted by Crippen LogP contribution is -2.21. The van der Waals surface area contributed by atoms with Crippen LogP contribution in [0.25, 0.3) is 28.1 Å². The van der Waals surface area contributed by atoms with Gasteiger partial charge in [-0.1, -0.05) is 13.0 Å². The maximum Gasteiger partial charge on any atom is 0.159 e. The summed E-state index contributed by atoms with van der Waals surface area (Å²) in [6, 6.07) is 13.4. The van der Waals surface area contributed by atoms with E-state index in [0.717, 1.165) is 66.3 Å². The first kappa shape index (κ1) is 17.9. The fraction of sp³-hybridized carbons (Fsp3) is 0.318. The number of hydrogen-bond donors (Lipinski definition) is 1. The van der Waals surface area contributed by atoms with Crippen LogP contribution in [0.2, 0.25) is 0 Å². The average Bonchev–Trinajstić information content (AvgIpc) is 3.39. The second-order valence-corrected chi connectivity index (χ2v) is 7.30. The average molecular weight is 389 g/mol. The number of pyridine rings is 1. The van der Waals surface area contributed by atoms with Crippen LogP contribution >= 0.6 is 0 Å². The molecule has 0 radical (unpaired) electrons. The molecule has 148 valence electrons. The molecule has 29 heavy (non-hydrogen) atoms. The van der Waals surface area contributed by atoms with Crippen LogP contribution in [0.4, 0.5) is 0 Å². The van der Waals surface area contributed by atoms with Crippen LogP contribution in [-0.4, -0.2) is 42.9 Å². The SMILES string of the molecule is CCc1nn(C2CCOCC2)c2nc(-c3ccnn3-c3cccc(O)c3)ccc12. The Kier molecular flexibility index (Phi) is 4.52. The fourth-order valence-corrected chi connectivity index (χ4v) is 4.00. The zero-order chi connectivity index (χ0) is 19.8. The molecule has 7 heteroatoms. The van der Waals surface area contributed by atoms with Crippen molar-refractivity contribution >= 4 is 11.0 Å². The molecule has 1 aliphatic rings. The van der Waals surface area contributed by atoms with Crippen LogP contribution in [-0.2, 0) is 11.2 Å². The molecule has 1 N–H and O–H groups in total. The number of fused-ring (bicyclic) bond motifs is 1. The van der Waals surface area contributed by atoms with Crippen molar-refractivity contribution in [3.63, 3.8) is 0 Å². The molecule has 4 heterocycles. The van der Waals surface area contributed by atoms with E-state index in [1.807, 2.05) is 18.2 Å². The van der Waals surface area contributed by atoms with Crippen LogP contribution < -0.4 is 0 Å². The quantitative estimate of drug-likeness (QED) is 0.573. The highest BCUT2D eigenvalue weighted by Gasteiger charge is 2.22. The molecule has 1 aromatic carbocycles. The number of phenols is 1. The highest BCUT2D eigenvalue weighted by Crippen LogP contribution is 2.30. The molecule has 0 amide bonds. The van der Waals surface area contributed by atoms with E-state index >= 15 is 0 Å². The normalized spacial score (nSPS) is 15.2. The van der Waals surface area contributed by atoms with E-state index < -0.39 is 0 Å². The lowest BCUT2D eigenvalue weighted by molar-refractivity contribution is 0.0672. The van der Waals surface area contributed by atoms with Crippen LogP contribution in [0.1, 0.15) is 31.5 Å². The summed E-state index contributed by atoms with van der Waals surface area (Å²) >= 11 is 0. The number of aromatic nitrogens is 5. The van der Waals surface area contributed by atoms with E-state index in [9.17, 15) is 5.11 Å². The second-order valence-electron chi connectivity index (χ2n) is 7.30. The molecule has 0 aliphatic carbocycles. The molecule has 1 fully saturated rings. The number of nitrogens with zero attached hydrogens (tertiary/aromatic N) is 5. The number of benzene rings is 1. The van der Waals surface area contributed by atoms with E-state index in [4.69, 9.17) is 14.8 Å². The molecular weight excluding hydrogens is 366 g/mol. The summed E-state index contributed by atoms with van der Waals surface area (Å²) in [4.78, 5) is 5.01. The summed E-state index contributed by atoms with van der Waals surface area (Å²) < 4.78 is 9.42. The van der Waals surface area contributed by atoms with Crippen molar-refractivity contribution in [1.29, 1.82) is 0 Å². The van der Waals surface area contributed by atoms with Gasteiger partial charge in [-0.15, -0.1) is 0 Å². The molecule has 0 saturated carbocycles. The molecule has 1 aliphatic heterocycles. The van der Waals surface area contributed by atoms with Crippen LogP contribution in [0.15, 0.2) is 48.7 Å². The molecule has 3 aromatic heterocycles. The highest BCUT2D eigenvalue weighted by atomic mass is 16.5. The zero-order valence-electron chi connectivity index (χ0n) is 16.3. The molecule has 0 unspecified atom stereocenters. The van der Waals surface area contributed by atoms with Gasteiger partial charge in [0.1, 0.15) is 5.75 Å². The Labute approximate surface area is 168 Å². The minimum Gasteiger partial charge on any atom is -0.508 e. The number of ether oxygens (including phenoxy) is 1. The standard InChI is InChI=1S/C22H23N5O2/c1-2-19-18-6-7-20(24-22(18)27(25-19)15-9-12-29-13-10-15)21-8-11-23-26(21)16-4-3-5-17(28)14-16/h3-8,11,14-15,28H,2,9-10,12-13H2,1H3. The van der Waals surface area contributed by atoms with Gasteiger partial charge in [0, 0.05) is 24.7 Å². The molecule has 0 atom stereocenters. The van der Waals surface area contributed by atoms with E-state index in [1.165, 1.54) is 0 Å². The van der Waals surface area contributed by atoms with Crippen molar-refractivity contribution < 1.29 is 9.84 Å². The number of hydrogen-bond acceptors (Lipinski definition) is 5. The summed E-state index contributed by atoms with van der Waals surface area (Å²) in [6.45, 7) is 3.65. The molecule has 5 rings (SSSR count). The first-order valence-electron chi connectivity index (χ1n) is 10.0. The first-order chi connectivity index (χ1) is 14.2. The molecule has 7 nitrogen and oxygen atoms in total. The largest absolute Gasteiger partial charge is 0.508 e. The third-order valence-corrected chi connectivity index (χ3v) is 5.48. The Hall–Kier alpha value is -3.19. The van der Waals surface area contributed by atoms with Crippen molar-refractivity contribution in [3.05, 3.63) is 54.4 Å². The monoisotopic (exact) mass is 389 g/mol. The van der Waals surface area contributed by atoms with E-state index in [2.05, 4.69) is 22.8 Å². The van der Waals surface area contributed by atoms with Crippen molar-refractivity contribution in [2.24, 2.45) is 0 Å². The van der Waals surface area contributed by atoms with Gasteiger partial charge < -0.3 is 9.84 Å². The van der Waals surface area contributed by atoms with Gasteiger partial charge in [0.05, 0.1) is 35.0 Å². The van der Waals surface area contributed by atoms with Crippen LogP contribution in [0, 0.1) is 0 Å². The van der Waals surface area contributed by atoms with Gasteiger partial charge in [-0.25, -0.2) is 14.3 Å². The summed E-state index contributed by atoms with van der Waals surface area (Å²) in [6.07, 6.45) is 4.52. The summed E-state index contributed by atoms with van der Waals surface area (Å²) in [7, 11) is 0. The maximum atomic E-state index is 9.85. The van der Waals surface area contributed by atoms with Gasteiger partial charge in [-0.2, -0.15) is 10.2 Å². The summed E-state index contributed by atoms with van der Waals surface area (Å²) in [5, 5.41) is 20.3. The third-order valence-electron chi connectivity index (χ3n) is 5.48. The van der Waals surface area contributed by atoms with Gasteiger partial charge >= 0.3 is 0 Å². The Morgan fingerprint density at radius 3 is 2.79 bits per heavy atom. The second kappa shape index (κ2) is 7.33. The Bertz CT molecular complexity index is 1160. The summed E-state index contributed by atoms with van der Waals surface area (Å²) in [5.74, 6) is 0.206. The molecule has 0 bridgehead atoms. The van der Waals surface area contributed by atoms with Gasteiger partial charge in [-0.3, -0.25) is 0 Å². The minimum atomic E-state index is 0.206. The Balaban J connectivity index is 1.63. The van der Waals surface area contributed by atoms with E-state index in [1.54, 1.807) is 29.1 Å². The predicted octanol–water partition coefficient (Wildman–Crippen LogP) is 3.90. The molecule has 1 saturated heterocycles. The fourth-order valence-electron chi connectivity index (χ4n) is 4.00. The van der Waals surface area contributed by atoms with Crippen LogP contribution in [0.5, 0.6) is 5.75 Å². The van der Waals surface area contributed by atoms with Gasteiger partial charge in [0.25, 0.3) is 0 Å². The van der Waals surface area contributed by atoms with Crippen molar-refractivity contribution in [2.45, 2.75) is 32.2 Å². The van der Waals surface area contributed by atoms with Gasteiger partial charge in [-0.05, 0) is 49.6 Å².